The Kier molecular flexibility index (Phi) is 4.85. The molecule has 2 N–H and O–H groups in total. The van der Waals surface area contributed by atoms with Crippen molar-refractivity contribution >= 4 is 5.82 Å². The van der Waals surface area contributed by atoms with Crippen LogP contribution in [0.25, 0.3) is 11.1 Å². The lowest BCUT2D eigenvalue weighted by Crippen LogP contribution is -2.19. The van der Waals surface area contributed by atoms with Gasteiger partial charge in [0.25, 0.3) is 0 Å². The number of nitrogens with two attached hydrogens (primary N) is 1. The smallest absolute Gasteiger partial charge is 0.242 e. The van der Waals surface area contributed by atoms with E-state index in [0.717, 1.165) is 12.8 Å². The summed E-state index contributed by atoms with van der Waals surface area (Å²) in [5.41, 5.74) is 8.13. The molecule has 164 valence electrons. The predicted octanol–water partition coefficient (Wildman–Crippen LogP) is 3.91. The van der Waals surface area contributed by atoms with Gasteiger partial charge in [0.15, 0.2) is 11.6 Å². The van der Waals surface area contributed by atoms with Gasteiger partial charge < -0.3 is 19.9 Å². The standard InChI is InChI=1S/C23H22FN5O3/c1-12-17-8-14(24)3-6-19(17)31-15-4-5-16(9-15)32-23-21(18(10-25)29(2)28-23)13-7-20(30-12)22(26)27-11-13/h3,6-8,11-12,15-16H,4-5,9H2,1-2H3,(H2,26,27). The molecule has 3 unspecified atom stereocenters. The van der Waals surface area contributed by atoms with Crippen molar-refractivity contribution in [3.8, 4) is 34.6 Å². The second-order valence-corrected chi connectivity index (χ2v) is 8.11. The van der Waals surface area contributed by atoms with Gasteiger partial charge in [-0.3, -0.25) is 4.68 Å². The third-order valence-corrected chi connectivity index (χ3v) is 5.91. The quantitative estimate of drug-likeness (QED) is 0.570. The van der Waals surface area contributed by atoms with Crippen LogP contribution < -0.4 is 19.9 Å². The molecule has 2 aromatic heterocycles. The number of aromatic nitrogens is 3. The highest BCUT2D eigenvalue weighted by Crippen LogP contribution is 2.40. The maximum atomic E-state index is 14.1. The number of hydrogen-bond acceptors (Lipinski definition) is 7. The SMILES string of the molecule is CC1Oc2cc(cnc2N)-c2c(nn(C)c2C#N)OC2CCC(C2)Oc2ccc(F)cc21. The van der Waals surface area contributed by atoms with Gasteiger partial charge in [-0.1, -0.05) is 0 Å². The van der Waals surface area contributed by atoms with Crippen LogP contribution in [0.4, 0.5) is 10.2 Å². The largest absolute Gasteiger partial charge is 0.490 e. The number of nitrogen functional groups attached to an aromatic ring is 1. The van der Waals surface area contributed by atoms with E-state index in [1.165, 1.54) is 16.8 Å². The number of anilines is 1. The Bertz CT molecular complexity index is 1240. The van der Waals surface area contributed by atoms with E-state index >= 15 is 0 Å². The highest BCUT2D eigenvalue weighted by atomic mass is 19.1. The molecule has 0 saturated heterocycles. The number of hydrogen-bond donors (Lipinski definition) is 1. The van der Waals surface area contributed by atoms with E-state index in [1.807, 2.05) is 0 Å². The first kappa shape index (κ1) is 20.1. The van der Waals surface area contributed by atoms with Crippen molar-refractivity contribution in [1.82, 2.24) is 14.8 Å². The molecule has 8 nitrogen and oxygen atoms in total. The zero-order valence-corrected chi connectivity index (χ0v) is 17.7. The van der Waals surface area contributed by atoms with E-state index in [9.17, 15) is 9.65 Å². The number of nitriles is 1. The number of nitrogens with zero attached hydrogens (tertiary/aromatic N) is 4. The Morgan fingerprint density at radius 1 is 1.16 bits per heavy atom. The number of fused-ring (bicyclic) bond motifs is 7. The number of ether oxygens (including phenoxy) is 3. The molecule has 32 heavy (non-hydrogen) atoms. The van der Waals surface area contributed by atoms with E-state index in [4.69, 9.17) is 19.9 Å². The Morgan fingerprint density at radius 2 is 1.94 bits per heavy atom. The van der Waals surface area contributed by atoms with Gasteiger partial charge in [-0.15, -0.1) is 5.10 Å². The zero-order chi connectivity index (χ0) is 22.4. The van der Waals surface area contributed by atoms with Gasteiger partial charge >= 0.3 is 0 Å². The maximum absolute atomic E-state index is 14.1. The average molecular weight is 435 g/mol. The number of benzene rings is 1. The summed E-state index contributed by atoms with van der Waals surface area (Å²) in [6.07, 6.45) is 3.00. The summed E-state index contributed by atoms with van der Waals surface area (Å²) in [5.74, 6) is 1.03. The number of rotatable bonds is 0. The highest BCUT2D eigenvalue weighted by Gasteiger charge is 2.32. The van der Waals surface area contributed by atoms with E-state index in [1.54, 1.807) is 32.3 Å². The van der Waals surface area contributed by atoms with Crippen LogP contribution in [0, 0.1) is 17.1 Å². The molecular formula is C23H22FN5O3. The second kappa shape index (κ2) is 7.71. The van der Waals surface area contributed by atoms with Crippen LogP contribution in [-0.2, 0) is 7.05 Å². The minimum absolute atomic E-state index is 0.0912. The first-order chi connectivity index (χ1) is 15.4. The molecule has 9 heteroatoms. The molecule has 3 aromatic rings. The molecule has 0 spiro atoms. The van der Waals surface area contributed by atoms with Crippen molar-refractivity contribution in [2.24, 2.45) is 7.05 Å². The van der Waals surface area contributed by atoms with Crippen molar-refractivity contribution in [1.29, 1.82) is 5.26 Å². The lowest BCUT2D eigenvalue weighted by molar-refractivity contribution is 0.155. The van der Waals surface area contributed by atoms with Gasteiger partial charge in [-0.2, -0.15) is 5.26 Å². The zero-order valence-electron chi connectivity index (χ0n) is 17.7. The Labute approximate surface area is 184 Å². The minimum Gasteiger partial charge on any atom is -0.490 e. The van der Waals surface area contributed by atoms with Crippen LogP contribution >= 0.6 is 0 Å². The molecule has 4 bridgehead atoms. The molecule has 1 aliphatic heterocycles. The molecular weight excluding hydrogens is 413 g/mol. The van der Waals surface area contributed by atoms with Crippen LogP contribution in [0.15, 0.2) is 30.5 Å². The summed E-state index contributed by atoms with van der Waals surface area (Å²) in [7, 11) is 1.69. The summed E-state index contributed by atoms with van der Waals surface area (Å²) >= 11 is 0. The van der Waals surface area contributed by atoms with Crippen molar-refractivity contribution in [3.63, 3.8) is 0 Å². The average Bonchev–Trinajstić information content (AvgIpc) is 3.33. The van der Waals surface area contributed by atoms with Crippen LogP contribution in [0.2, 0.25) is 0 Å². The molecule has 1 saturated carbocycles. The Morgan fingerprint density at radius 3 is 2.72 bits per heavy atom. The third kappa shape index (κ3) is 3.47. The van der Waals surface area contributed by atoms with Crippen LogP contribution in [0.3, 0.4) is 0 Å². The lowest BCUT2D eigenvalue weighted by atomic mass is 10.1. The molecule has 0 radical (unpaired) electrons. The van der Waals surface area contributed by atoms with Gasteiger partial charge in [-0.05, 0) is 44.0 Å². The third-order valence-electron chi connectivity index (χ3n) is 5.91. The van der Waals surface area contributed by atoms with Gasteiger partial charge in [0, 0.05) is 30.8 Å². The molecule has 1 aliphatic carbocycles. The van der Waals surface area contributed by atoms with Gasteiger partial charge in [0.2, 0.25) is 5.88 Å². The Hall–Kier alpha value is -3.80. The van der Waals surface area contributed by atoms with Crippen molar-refractivity contribution in [2.75, 3.05) is 5.73 Å². The van der Waals surface area contributed by atoms with E-state index in [2.05, 4.69) is 16.2 Å². The predicted molar refractivity (Wildman–Crippen MR) is 114 cm³/mol. The topological polar surface area (TPSA) is 108 Å². The van der Waals surface area contributed by atoms with E-state index in [-0.39, 0.29) is 23.8 Å². The first-order valence-corrected chi connectivity index (χ1v) is 10.5. The molecule has 0 amide bonds. The molecule has 5 rings (SSSR count). The van der Waals surface area contributed by atoms with Crippen LogP contribution in [0.1, 0.15) is 43.5 Å². The molecule has 3 heterocycles. The van der Waals surface area contributed by atoms with E-state index < -0.39 is 6.10 Å². The number of pyridine rings is 1. The second-order valence-electron chi connectivity index (χ2n) is 8.11. The minimum atomic E-state index is -0.555. The maximum Gasteiger partial charge on any atom is 0.242 e. The highest BCUT2D eigenvalue weighted by molar-refractivity contribution is 5.76. The lowest BCUT2D eigenvalue weighted by Gasteiger charge is -2.22. The first-order valence-electron chi connectivity index (χ1n) is 10.5. The van der Waals surface area contributed by atoms with Gasteiger partial charge in [-0.25, -0.2) is 9.37 Å². The summed E-state index contributed by atoms with van der Waals surface area (Å²) < 4.78 is 34.1. The molecule has 1 fully saturated rings. The van der Waals surface area contributed by atoms with Crippen molar-refractivity contribution < 1.29 is 18.6 Å². The number of halogens is 1. The fourth-order valence-electron chi connectivity index (χ4n) is 4.31. The van der Waals surface area contributed by atoms with Gasteiger partial charge in [0.1, 0.15) is 41.6 Å². The fraction of sp³-hybridized carbons (Fsp3) is 0.348. The number of aryl methyl sites for hydroxylation is 1. The molecule has 1 aromatic carbocycles. The normalized spacial score (nSPS) is 21.8. The van der Waals surface area contributed by atoms with Crippen LogP contribution in [-0.4, -0.2) is 27.0 Å². The summed E-state index contributed by atoms with van der Waals surface area (Å²) in [6.45, 7) is 1.80. The fourth-order valence-corrected chi connectivity index (χ4v) is 4.31. The van der Waals surface area contributed by atoms with Gasteiger partial charge in [0.05, 0.1) is 5.56 Å². The van der Waals surface area contributed by atoms with Crippen molar-refractivity contribution in [2.45, 2.75) is 44.5 Å². The summed E-state index contributed by atoms with van der Waals surface area (Å²) in [5, 5.41) is 14.2. The van der Waals surface area contributed by atoms with Crippen molar-refractivity contribution in [3.05, 3.63) is 47.5 Å². The summed E-state index contributed by atoms with van der Waals surface area (Å²) in [4.78, 5) is 4.26. The Balaban J connectivity index is 1.67. The molecule has 2 aliphatic rings. The monoisotopic (exact) mass is 435 g/mol. The molecule has 3 atom stereocenters. The van der Waals surface area contributed by atoms with Crippen LogP contribution in [0.5, 0.6) is 17.4 Å². The summed E-state index contributed by atoms with van der Waals surface area (Å²) in [6, 6.07) is 8.30. The van der Waals surface area contributed by atoms with E-state index in [0.29, 0.717) is 46.2 Å².